The fraction of sp³-hybridized carbons (Fsp3) is 0.457. The van der Waals surface area contributed by atoms with Gasteiger partial charge in [0.25, 0.3) is 11.8 Å². The number of aromatic nitrogens is 3. The average Bonchev–Trinajstić information content (AvgIpc) is 3.73. The topological polar surface area (TPSA) is 129 Å². The van der Waals surface area contributed by atoms with Gasteiger partial charge in [-0.3, -0.25) is 14.9 Å². The van der Waals surface area contributed by atoms with Crippen molar-refractivity contribution in [2.24, 2.45) is 10.8 Å². The molecular formula is C35H45N7O3S. The summed E-state index contributed by atoms with van der Waals surface area (Å²) in [7, 11) is 1.70. The maximum absolute atomic E-state index is 13.5. The molecule has 3 heterocycles. The van der Waals surface area contributed by atoms with E-state index in [1.165, 1.54) is 17.7 Å². The molecule has 46 heavy (non-hydrogen) atoms. The van der Waals surface area contributed by atoms with E-state index < -0.39 is 5.54 Å². The van der Waals surface area contributed by atoms with Crippen LogP contribution in [0.2, 0.25) is 0 Å². The Bertz CT molecular complexity index is 1780. The van der Waals surface area contributed by atoms with Gasteiger partial charge in [0.05, 0.1) is 32.5 Å². The molecule has 0 saturated heterocycles. The number of rotatable bonds is 10. The quantitative estimate of drug-likeness (QED) is 0.137. The number of allylic oxidation sites excluding steroid dienone is 1. The van der Waals surface area contributed by atoms with Crippen LogP contribution in [0.15, 0.2) is 59.0 Å². The number of fused-ring (bicyclic) bond motifs is 1. The second kappa shape index (κ2) is 13.2. The number of nitrogens with one attached hydrogen (secondary N) is 2. The molecule has 2 amide bonds. The summed E-state index contributed by atoms with van der Waals surface area (Å²) in [6.45, 7) is 19.5. The molecule has 10 nitrogen and oxygen atoms in total. The van der Waals surface area contributed by atoms with E-state index in [-0.39, 0.29) is 28.2 Å². The Morgan fingerprint density at radius 2 is 1.85 bits per heavy atom. The van der Waals surface area contributed by atoms with Crippen LogP contribution >= 0.6 is 11.3 Å². The fourth-order valence-corrected chi connectivity index (χ4v) is 5.59. The van der Waals surface area contributed by atoms with Crippen molar-refractivity contribution in [3.8, 4) is 16.7 Å². The van der Waals surface area contributed by atoms with Gasteiger partial charge in [-0.2, -0.15) is 5.26 Å². The number of thiophene rings is 1. The summed E-state index contributed by atoms with van der Waals surface area (Å²) in [6.07, 6.45) is 4.66. The number of hydrogen-bond acceptors (Lipinski definition) is 8. The maximum Gasteiger partial charge on any atom is 0.268 e. The van der Waals surface area contributed by atoms with E-state index >= 15 is 0 Å². The highest BCUT2D eigenvalue weighted by Crippen LogP contribution is 2.31. The van der Waals surface area contributed by atoms with Crippen molar-refractivity contribution in [3.05, 3.63) is 65.0 Å². The standard InChI is InChI=1S/C35H45N7O3S/c1-22(34(5,6)7)38-18-23-11-12-26-25(15-23)39-32(40-30(43)29-14-13-28(46-29)27-19-37-21-45-27)42(26)20-35(8,9)41(10)31(44)24(17-36)16-33(2,3)4/h11-16,19,21-22,38H,18,20H2,1-10H3,(H,39,40,43)/t22-/m0/s1. The smallest absolute Gasteiger partial charge is 0.268 e. The molecule has 11 heteroatoms. The summed E-state index contributed by atoms with van der Waals surface area (Å²) in [4.78, 5) is 38.7. The van der Waals surface area contributed by atoms with Crippen LogP contribution < -0.4 is 10.6 Å². The summed E-state index contributed by atoms with van der Waals surface area (Å²) in [5, 5.41) is 16.4. The lowest BCUT2D eigenvalue weighted by molar-refractivity contribution is -0.130. The van der Waals surface area contributed by atoms with Crippen molar-refractivity contribution >= 4 is 40.1 Å². The molecule has 0 radical (unpaired) electrons. The molecule has 2 N–H and O–H groups in total. The summed E-state index contributed by atoms with van der Waals surface area (Å²) >= 11 is 1.30. The first-order valence-electron chi connectivity index (χ1n) is 15.3. The molecule has 244 valence electrons. The third-order valence-electron chi connectivity index (χ3n) is 8.14. The molecule has 0 bridgehead atoms. The number of nitrogens with zero attached hydrogens (tertiary/aromatic N) is 5. The minimum atomic E-state index is -0.761. The predicted molar refractivity (Wildman–Crippen MR) is 183 cm³/mol. The molecule has 4 rings (SSSR count). The number of likely N-dealkylation sites (N-methyl/N-ethyl adjacent to an activating group) is 1. The van der Waals surface area contributed by atoms with E-state index in [4.69, 9.17) is 9.40 Å². The minimum Gasteiger partial charge on any atom is -0.443 e. The molecule has 0 saturated carbocycles. The van der Waals surface area contributed by atoms with Crippen molar-refractivity contribution in [1.29, 1.82) is 5.26 Å². The first kappa shape index (κ1) is 34.6. The number of anilines is 1. The number of carbonyl (C=O) groups is 2. The third kappa shape index (κ3) is 8.11. The normalized spacial score (nSPS) is 13.5. The number of benzene rings is 1. The molecule has 0 aliphatic carbocycles. The first-order valence-corrected chi connectivity index (χ1v) is 16.1. The van der Waals surface area contributed by atoms with Crippen LogP contribution in [-0.4, -0.2) is 49.9 Å². The Kier molecular flexibility index (Phi) is 9.95. The van der Waals surface area contributed by atoms with Crippen molar-refractivity contribution in [2.75, 3.05) is 12.4 Å². The number of nitriles is 1. The van der Waals surface area contributed by atoms with Gasteiger partial charge >= 0.3 is 0 Å². The van der Waals surface area contributed by atoms with Gasteiger partial charge in [-0.1, -0.05) is 53.7 Å². The summed E-state index contributed by atoms with van der Waals surface area (Å²) in [5.41, 5.74) is 1.71. The zero-order chi connectivity index (χ0) is 34.0. The van der Waals surface area contributed by atoms with Gasteiger partial charge in [-0.25, -0.2) is 9.97 Å². The van der Waals surface area contributed by atoms with Gasteiger partial charge < -0.3 is 19.2 Å². The Morgan fingerprint density at radius 1 is 1.13 bits per heavy atom. The SMILES string of the molecule is C[C@H](NCc1ccc2c(c1)nc(NC(=O)c1ccc(-c3cnco3)s1)n2CC(C)(C)N(C)C(=O)C(C#N)=CC(C)(C)C)C(C)(C)C. The molecule has 1 atom stereocenters. The molecule has 0 fully saturated rings. The second-order valence-electron chi connectivity index (χ2n) is 14.5. The highest BCUT2D eigenvalue weighted by Gasteiger charge is 2.32. The lowest BCUT2D eigenvalue weighted by atomic mass is 9.88. The van der Waals surface area contributed by atoms with Crippen molar-refractivity contribution < 1.29 is 14.0 Å². The fourth-order valence-electron chi connectivity index (χ4n) is 4.73. The lowest BCUT2D eigenvalue weighted by Crippen LogP contribution is -2.48. The van der Waals surface area contributed by atoms with Crippen LogP contribution in [0.25, 0.3) is 21.7 Å². The maximum atomic E-state index is 13.5. The van der Waals surface area contributed by atoms with Crippen LogP contribution in [0.3, 0.4) is 0 Å². The minimum absolute atomic E-state index is 0.0916. The highest BCUT2D eigenvalue weighted by atomic mass is 32.1. The van der Waals surface area contributed by atoms with E-state index in [0.717, 1.165) is 21.5 Å². The number of hydrogen-bond donors (Lipinski definition) is 2. The van der Waals surface area contributed by atoms with Crippen LogP contribution in [0.5, 0.6) is 0 Å². The van der Waals surface area contributed by atoms with E-state index in [0.29, 0.717) is 35.7 Å². The predicted octanol–water partition coefficient (Wildman–Crippen LogP) is 7.26. The molecule has 4 aromatic rings. The molecule has 0 aliphatic rings. The van der Waals surface area contributed by atoms with Gasteiger partial charge in [0.2, 0.25) is 5.95 Å². The summed E-state index contributed by atoms with van der Waals surface area (Å²) < 4.78 is 7.32. The van der Waals surface area contributed by atoms with E-state index in [9.17, 15) is 14.9 Å². The monoisotopic (exact) mass is 643 g/mol. The van der Waals surface area contributed by atoms with E-state index in [1.54, 1.807) is 30.3 Å². The van der Waals surface area contributed by atoms with Gasteiger partial charge in [-0.15, -0.1) is 11.3 Å². The van der Waals surface area contributed by atoms with Gasteiger partial charge in [0.15, 0.2) is 12.2 Å². The molecule has 0 spiro atoms. The van der Waals surface area contributed by atoms with E-state index in [2.05, 4.69) is 55.4 Å². The molecule has 0 unspecified atom stereocenters. The Morgan fingerprint density at radius 3 is 2.46 bits per heavy atom. The first-order chi connectivity index (χ1) is 21.4. The summed E-state index contributed by atoms with van der Waals surface area (Å²) in [5.74, 6) is 0.278. The molecule has 1 aromatic carbocycles. The van der Waals surface area contributed by atoms with Crippen LogP contribution in [0.4, 0.5) is 5.95 Å². The Labute approximate surface area is 275 Å². The highest BCUT2D eigenvalue weighted by molar-refractivity contribution is 7.17. The summed E-state index contributed by atoms with van der Waals surface area (Å²) in [6, 6.07) is 12.0. The van der Waals surface area contributed by atoms with Crippen LogP contribution in [0, 0.1) is 22.2 Å². The van der Waals surface area contributed by atoms with Crippen LogP contribution in [0.1, 0.15) is 77.5 Å². The van der Waals surface area contributed by atoms with E-state index in [1.807, 2.05) is 57.4 Å². The second-order valence-corrected chi connectivity index (χ2v) is 15.6. The number of oxazole rings is 1. The zero-order valence-electron chi connectivity index (χ0n) is 28.5. The van der Waals surface area contributed by atoms with Gasteiger partial charge in [0.1, 0.15) is 11.6 Å². The Balaban J connectivity index is 1.69. The third-order valence-corrected chi connectivity index (χ3v) is 9.24. The van der Waals surface area contributed by atoms with Gasteiger partial charge in [-0.05, 0) is 61.4 Å². The molecule has 3 aromatic heterocycles. The molecule has 0 aliphatic heterocycles. The number of amides is 2. The lowest BCUT2D eigenvalue weighted by Gasteiger charge is -2.36. The van der Waals surface area contributed by atoms with Crippen molar-refractivity contribution in [3.63, 3.8) is 0 Å². The molecular weight excluding hydrogens is 598 g/mol. The average molecular weight is 644 g/mol. The van der Waals surface area contributed by atoms with Crippen molar-refractivity contribution in [2.45, 2.75) is 87.0 Å². The van der Waals surface area contributed by atoms with Crippen LogP contribution in [-0.2, 0) is 17.9 Å². The number of carbonyl (C=O) groups excluding carboxylic acids is 2. The van der Waals surface area contributed by atoms with Crippen molar-refractivity contribution in [1.82, 2.24) is 24.8 Å². The zero-order valence-corrected chi connectivity index (χ0v) is 29.3. The van der Waals surface area contributed by atoms with Gasteiger partial charge in [0, 0.05) is 26.2 Å². The largest absolute Gasteiger partial charge is 0.443 e. The Hall–Kier alpha value is -4.27. The number of imidazole rings is 1.